The molecule has 0 heterocycles. The second-order valence-corrected chi connectivity index (χ2v) is 6.71. The number of anilines is 2. The molecule has 4 aromatic rings. The highest BCUT2D eigenvalue weighted by Gasteiger charge is 2.12. The molecule has 0 fully saturated rings. The van der Waals surface area contributed by atoms with Gasteiger partial charge in [0.2, 0.25) is 0 Å². The second-order valence-electron chi connectivity index (χ2n) is 6.71. The van der Waals surface area contributed by atoms with E-state index in [2.05, 4.69) is 10.6 Å². The quantitative estimate of drug-likeness (QED) is 0.478. The van der Waals surface area contributed by atoms with Crippen LogP contribution < -0.4 is 15.4 Å². The van der Waals surface area contributed by atoms with Crippen molar-refractivity contribution in [2.75, 3.05) is 17.7 Å². The molecule has 0 bridgehead atoms. The predicted molar refractivity (Wildman–Crippen MR) is 119 cm³/mol. The highest BCUT2D eigenvalue weighted by atomic mass is 16.5. The summed E-state index contributed by atoms with van der Waals surface area (Å²) in [6.45, 7) is 0. The van der Waals surface area contributed by atoms with Gasteiger partial charge in [-0.05, 0) is 53.2 Å². The van der Waals surface area contributed by atoms with Crippen LogP contribution in [0.4, 0.5) is 11.4 Å². The van der Waals surface area contributed by atoms with Gasteiger partial charge >= 0.3 is 0 Å². The number of carbonyl (C=O) groups is 2. The van der Waals surface area contributed by atoms with E-state index >= 15 is 0 Å². The van der Waals surface area contributed by atoms with E-state index in [4.69, 9.17) is 4.74 Å². The first-order valence-electron chi connectivity index (χ1n) is 9.49. The Morgan fingerprint density at radius 1 is 0.700 bits per heavy atom. The maximum absolute atomic E-state index is 12.8. The fourth-order valence-electron chi connectivity index (χ4n) is 3.27. The summed E-state index contributed by atoms with van der Waals surface area (Å²) in [4.78, 5) is 25.3. The van der Waals surface area contributed by atoms with Gasteiger partial charge in [0.15, 0.2) is 0 Å². The Morgan fingerprint density at radius 2 is 1.40 bits per heavy atom. The molecule has 0 aliphatic carbocycles. The topological polar surface area (TPSA) is 67.4 Å². The van der Waals surface area contributed by atoms with E-state index in [1.807, 2.05) is 48.5 Å². The summed E-state index contributed by atoms with van der Waals surface area (Å²) in [7, 11) is 1.55. The first kappa shape index (κ1) is 19.2. The molecule has 2 amide bonds. The first-order valence-corrected chi connectivity index (χ1v) is 9.49. The summed E-state index contributed by atoms with van der Waals surface area (Å²) in [5.41, 5.74) is 2.29. The van der Waals surface area contributed by atoms with E-state index in [0.717, 1.165) is 10.8 Å². The molecule has 0 atom stereocenters. The van der Waals surface area contributed by atoms with Crippen LogP contribution in [-0.2, 0) is 0 Å². The molecular formula is C25H20N2O3. The van der Waals surface area contributed by atoms with Crippen molar-refractivity contribution in [2.45, 2.75) is 0 Å². The third kappa shape index (κ3) is 4.00. The molecule has 0 aliphatic rings. The van der Waals surface area contributed by atoms with Crippen molar-refractivity contribution in [1.29, 1.82) is 0 Å². The van der Waals surface area contributed by atoms with Crippen LogP contribution in [0.25, 0.3) is 10.8 Å². The zero-order chi connectivity index (χ0) is 20.9. The lowest BCUT2D eigenvalue weighted by atomic mass is 10.0. The average molecular weight is 396 g/mol. The number of methoxy groups -OCH3 is 1. The summed E-state index contributed by atoms with van der Waals surface area (Å²) in [5.74, 6) is 0.134. The molecular weight excluding hydrogens is 376 g/mol. The molecule has 4 rings (SSSR count). The molecule has 0 aromatic heterocycles. The molecule has 30 heavy (non-hydrogen) atoms. The summed E-state index contributed by atoms with van der Waals surface area (Å²) < 4.78 is 5.26. The highest BCUT2D eigenvalue weighted by molar-refractivity contribution is 6.13. The number of hydrogen-bond donors (Lipinski definition) is 2. The summed E-state index contributed by atoms with van der Waals surface area (Å²) in [6.07, 6.45) is 0. The van der Waals surface area contributed by atoms with Crippen molar-refractivity contribution in [2.24, 2.45) is 0 Å². The Morgan fingerprint density at radius 3 is 2.20 bits per heavy atom. The summed E-state index contributed by atoms with van der Waals surface area (Å²) in [6, 6.07) is 27.4. The third-order valence-electron chi connectivity index (χ3n) is 4.79. The fraction of sp³-hybridized carbons (Fsp3) is 0.0400. The van der Waals surface area contributed by atoms with E-state index < -0.39 is 0 Å². The Labute approximate surface area is 174 Å². The molecule has 0 spiro atoms. The molecule has 5 heteroatoms. The van der Waals surface area contributed by atoms with Crippen LogP contribution in [0.1, 0.15) is 20.7 Å². The van der Waals surface area contributed by atoms with Gasteiger partial charge in [-0.3, -0.25) is 9.59 Å². The minimum absolute atomic E-state index is 0.196. The molecule has 0 radical (unpaired) electrons. The molecule has 148 valence electrons. The van der Waals surface area contributed by atoms with Gasteiger partial charge in [0.1, 0.15) is 5.75 Å². The maximum Gasteiger partial charge on any atom is 0.256 e. The molecule has 2 N–H and O–H groups in total. The van der Waals surface area contributed by atoms with Crippen LogP contribution in [0.2, 0.25) is 0 Å². The SMILES string of the molecule is COc1ccccc1NC(=O)c1ccc(NC(=O)c2cccc3ccccc23)cc1. The number of amides is 2. The lowest BCUT2D eigenvalue weighted by Gasteiger charge is -2.11. The van der Waals surface area contributed by atoms with Crippen LogP contribution in [0.5, 0.6) is 5.75 Å². The van der Waals surface area contributed by atoms with Crippen molar-refractivity contribution >= 4 is 34.0 Å². The largest absolute Gasteiger partial charge is 0.495 e. The Hall–Kier alpha value is -4.12. The number of para-hydroxylation sites is 2. The zero-order valence-electron chi connectivity index (χ0n) is 16.4. The molecule has 4 aromatic carbocycles. The van der Waals surface area contributed by atoms with Crippen molar-refractivity contribution < 1.29 is 14.3 Å². The molecule has 0 aliphatic heterocycles. The van der Waals surface area contributed by atoms with Crippen molar-refractivity contribution in [3.63, 3.8) is 0 Å². The van der Waals surface area contributed by atoms with E-state index in [1.54, 1.807) is 49.6 Å². The van der Waals surface area contributed by atoms with Crippen molar-refractivity contribution in [3.8, 4) is 5.75 Å². The number of rotatable bonds is 5. The first-order chi connectivity index (χ1) is 14.7. The van der Waals surface area contributed by atoms with E-state index in [-0.39, 0.29) is 11.8 Å². The number of ether oxygens (including phenoxy) is 1. The Kier molecular flexibility index (Phi) is 5.44. The van der Waals surface area contributed by atoms with Gasteiger partial charge in [0.05, 0.1) is 12.8 Å². The minimum Gasteiger partial charge on any atom is -0.495 e. The van der Waals surface area contributed by atoms with E-state index in [9.17, 15) is 9.59 Å². The Balaban J connectivity index is 1.48. The standard InChI is InChI=1S/C25H20N2O3/c1-30-23-12-5-4-11-22(23)27-24(28)18-13-15-19(16-14-18)26-25(29)21-10-6-8-17-7-2-3-9-20(17)21/h2-16H,1H3,(H,26,29)(H,27,28). The molecule has 0 unspecified atom stereocenters. The zero-order valence-corrected chi connectivity index (χ0v) is 16.4. The number of hydrogen-bond acceptors (Lipinski definition) is 3. The summed E-state index contributed by atoms with van der Waals surface area (Å²) >= 11 is 0. The van der Waals surface area contributed by atoms with Gasteiger partial charge in [-0.15, -0.1) is 0 Å². The summed E-state index contributed by atoms with van der Waals surface area (Å²) in [5, 5.41) is 7.63. The lowest BCUT2D eigenvalue weighted by molar-refractivity contribution is 0.102. The average Bonchev–Trinajstić information content (AvgIpc) is 2.79. The monoisotopic (exact) mass is 396 g/mol. The fourth-order valence-corrected chi connectivity index (χ4v) is 3.27. The Bertz CT molecular complexity index is 1210. The van der Waals surface area contributed by atoms with Crippen LogP contribution in [0, 0.1) is 0 Å². The molecule has 0 saturated carbocycles. The number of benzene rings is 4. The smallest absolute Gasteiger partial charge is 0.256 e. The van der Waals surface area contributed by atoms with Gasteiger partial charge in [-0.25, -0.2) is 0 Å². The minimum atomic E-state index is -0.258. The van der Waals surface area contributed by atoms with Crippen LogP contribution in [-0.4, -0.2) is 18.9 Å². The maximum atomic E-state index is 12.8. The third-order valence-corrected chi connectivity index (χ3v) is 4.79. The number of fused-ring (bicyclic) bond motifs is 1. The normalized spacial score (nSPS) is 10.4. The van der Waals surface area contributed by atoms with Crippen LogP contribution >= 0.6 is 0 Å². The van der Waals surface area contributed by atoms with Crippen LogP contribution in [0.3, 0.4) is 0 Å². The molecule has 0 saturated heterocycles. The van der Waals surface area contributed by atoms with E-state index in [0.29, 0.717) is 28.3 Å². The van der Waals surface area contributed by atoms with Gasteiger partial charge in [-0.2, -0.15) is 0 Å². The van der Waals surface area contributed by atoms with Crippen molar-refractivity contribution in [3.05, 3.63) is 102 Å². The lowest BCUT2D eigenvalue weighted by Crippen LogP contribution is -2.14. The van der Waals surface area contributed by atoms with Crippen LogP contribution in [0.15, 0.2) is 91.0 Å². The van der Waals surface area contributed by atoms with E-state index in [1.165, 1.54) is 0 Å². The number of carbonyl (C=O) groups excluding carboxylic acids is 2. The molecule has 5 nitrogen and oxygen atoms in total. The van der Waals surface area contributed by atoms with Gasteiger partial charge < -0.3 is 15.4 Å². The van der Waals surface area contributed by atoms with Gasteiger partial charge in [0, 0.05) is 16.8 Å². The van der Waals surface area contributed by atoms with Crippen molar-refractivity contribution in [1.82, 2.24) is 0 Å². The highest BCUT2D eigenvalue weighted by Crippen LogP contribution is 2.24. The second kappa shape index (κ2) is 8.49. The number of nitrogens with one attached hydrogen (secondary N) is 2. The van der Waals surface area contributed by atoms with Gasteiger partial charge in [0.25, 0.3) is 11.8 Å². The van der Waals surface area contributed by atoms with Gasteiger partial charge in [-0.1, -0.05) is 48.5 Å². The predicted octanol–water partition coefficient (Wildman–Crippen LogP) is 5.35.